The lowest BCUT2D eigenvalue weighted by molar-refractivity contribution is 0.101. The molecule has 0 fully saturated rings. The predicted octanol–water partition coefficient (Wildman–Crippen LogP) is 4.92. The van der Waals surface area contributed by atoms with Crippen molar-refractivity contribution < 1.29 is 22.8 Å². The fourth-order valence-electron chi connectivity index (χ4n) is 2.62. The van der Waals surface area contributed by atoms with Crippen molar-refractivity contribution in [2.45, 2.75) is 6.92 Å². The van der Waals surface area contributed by atoms with E-state index >= 15 is 0 Å². The summed E-state index contributed by atoms with van der Waals surface area (Å²) in [6.45, 7) is 1.62. The summed E-state index contributed by atoms with van der Waals surface area (Å²) in [6.07, 6.45) is 0. The fourth-order valence-corrected chi connectivity index (χ4v) is 2.62. The number of rotatable bonds is 4. The van der Waals surface area contributed by atoms with Crippen molar-refractivity contribution in [3.05, 3.63) is 94.8 Å². The Morgan fingerprint density at radius 2 is 1.11 bits per heavy atom. The molecule has 0 saturated heterocycles. The van der Waals surface area contributed by atoms with Gasteiger partial charge in [-0.3, -0.25) is 9.59 Å². The van der Waals surface area contributed by atoms with Crippen LogP contribution in [0.4, 0.5) is 24.5 Å². The normalized spacial score (nSPS) is 10.4. The first-order valence-corrected chi connectivity index (χ1v) is 8.28. The number of nitrogens with one attached hydrogen (secondary N) is 2. The van der Waals surface area contributed by atoms with E-state index in [-0.39, 0.29) is 22.5 Å². The number of carbonyl (C=O) groups excluding carboxylic acids is 2. The topological polar surface area (TPSA) is 58.2 Å². The maximum absolute atomic E-state index is 14.8. The summed E-state index contributed by atoms with van der Waals surface area (Å²) in [4.78, 5) is 24.5. The Bertz CT molecular complexity index is 987. The zero-order valence-electron chi connectivity index (χ0n) is 14.7. The number of hydrogen-bond donors (Lipinski definition) is 2. The third-order valence-electron chi connectivity index (χ3n) is 3.95. The minimum atomic E-state index is -0.931. The molecule has 0 saturated carbocycles. The molecule has 142 valence electrons. The lowest BCUT2D eigenvalue weighted by Gasteiger charge is -2.13. The van der Waals surface area contributed by atoms with Crippen LogP contribution in [0, 0.1) is 24.4 Å². The molecule has 2 amide bonds. The second-order valence-corrected chi connectivity index (χ2v) is 6.04. The molecule has 3 aromatic carbocycles. The van der Waals surface area contributed by atoms with Gasteiger partial charge in [-0.15, -0.1) is 0 Å². The van der Waals surface area contributed by atoms with Gasteiger partial charge in [-0.25, -0.2) is 13.2 Å². The van der Waals surface area contributed by atoms with E-state index in [1.807, 2.05) is 0 Å². The minimum Gasteiger partial charge on any atom is -0.319 e. The van der Waals surface area contributed by atoms with E-state index in [9.17, 15) is 22.8 Å². The molecule has 4 nitrogen and oxygen atoms in total. The van der Waals surface area contributed by atoms with Crippen LogP contribution in [0.15, 0.2) is 60.7 Å². The fraction of sp³-hybridized carbons (Fsp3) is 0.0476. The predicted molar refractivity (Wildman–Crippen MR) is 99.8 cm³/mol. The highest BCUT2D eigenvalue weighted by molar-refractivity contribution is 6.06. The van der Waals surface area contributed by atoms with Gasteiger partial charge in [0.05, 0.1) is 22.5 Å². The molecular formula is C21H15F3N2O2. The van der Waals surface area contributed by atoms with Gasteiger partial charge in [0.15, 0.2) is 5.82 Å². The van der Waals surface area contributed by atoms with Crippen molar-refractivity contribution in [2.24, 2.45) is 0 Å². The van der Waals surface area contributed by atoms with Crippen LogP contribution in [0.25, 0.3) is 0 Å². The van der Waals surface area contributed by atoms with Crippen molar-refractivity contribution in [3.8, 4) is 0 Å². The molecule has 3 rings (SSSR count). The molecule has 0 aliphatic carbocycles. The summed E-state index contributed by atoms with van der Waals surface area (Å²) in [6, 6.07) is 13.2. The maximum Gasteiger partial charge on any atom is 0.258 e. The Labute approximate surface area is 159 Å². The van der Waals surface area contributed by atoms with E-state index in [1.54, 1.807) is 6.92 Å². The number of halogens is 3. The molecule has 0 heterocycles. The summed E-state index contributed by atoms with van der Waals surface area (Å²) in [5.41, 5.74) is -0.455. The van der Waals surface area contributed by atoms with Gasteiger partial charge in [0.25, 0.3) is 11.8 Å². The lowest BCUT2D eigenvalue weighted by Crippen LogP contribution is -2.18. The standard InChI is InChI=1S/C21H15F3N2O2/c1-12-10-17(25-20(27)13-6-2-4-8-15(13)22)19(24)18(11-12)26-21(28)14-7-3-5-9-16(14)23/h2-11H,1H3,(H,25,27)(H,26,28). The molecule has 0 aliphatic heterocycles. The molecular weight excluding hydrogens is 369 g/mol. The van der Waals surface area contributed by atoms with Crippen LogP contribution in [0.5, 0.6) is 0 Å². The van der Waals surface area contributed by atoms with Crippen molar-refractivity contribution in [3.63, 3.8) is 0 Å². The second-order valence-electron chi connectivity index (χ2n) is 6.04. The van der Waals surface area contributed by atoms with Gasteiger partial charge in [0, 0.05) is 0 Å². The molecule has 7 heteroatoms. The monoisotopic (exact) mass is 384 g/mol. The highest BCUT2D eigenvalue weighted by Crippen LogP contribution is 2.26. The zero-order valence-corrected chi connectivity index (χ0v) is 14.7. The van der Waals surface area contributed by atoms with Gasteiger partial charge in [0.1, 0.15) is 11.6 Å². The molecule has 0 bridgehead atoms. The van der Waals surface area contributed by atoms with Crippen LogP contribution in [-0.2, 0) is 0 Å². The third kappa shape index (κ3) is 4.03. The molecule has 0 unspecified atom stereocenters. The molecule has 2 N–H and O–H groups in total. The average molecular weight is 384 g/mol. The first-order valence-electron chi connectivity index (χ1n) is 8.28. The second kappa shape index (κ2) is 7.96. The summed E-state index contributed by atoms with van der Waals surface area (Å²) >= 11 is 0. The van der Waals surface area contributed by atoms with Crippen molar-refractivity contribution >= 4 is 23.2 Å². The van der Waals surface area contributed by atoms with Gasteiger partial charge in [-0.2, -0.15) is 0 Å². The third-order valence-corrected chi connectivity index (χ3v) is 3.95. The molecule has 0 atom stereocenters. The SMILES string of the molecule is Cc1cc(NC(=O)c2ccccc2F)c(F)c(NC(=O)c2ccccc2F)c1. The highest BCUT2D eigenvalue weighted by atomic mass is 19.1. The van der Waals surface area contributed by atoms with E-state index in [2.05, 4.69) is 10.6 Å². The van der Waals surface area contributed by atoms with Gasteiger partial charge in [0.2, 0.25) is 0 Å². The van der Waals surface area contributed by atoms with Crippen LogP contribution in [0.1, 0.15) is 26.3 Å². The van der Waals surface area contributed by atoms with Crippen LogP contribution in [-0.4, -0.2) is 11.8 Å². The van der Waals surface area contributed by atoms with E-state index in [1.165, 1.54) is 48.5 Å². The van der Waals surface area contributed by atoms with Crippen molar-refractivity contribution in [2.75, 3.05) is 10.6 Å². The van der Waals surface area contributed by atoms with Gasteiger partial charge >= 0.3 is 0 Å². The van der Waals surface area contributed by atoms with Gasteiger partial charge in [-0.05, 0) is 48.9 Å². The number of carbonyl (C=O) groups is 2. The summed E-state index contributed by atoms with van der Waals surface area (Å²) in [5, 5.41) is 4.59. The summed E-state index contributed by atoms with van der Waals surface area (Å²) < 4.78 is 42.3. The Kier molecular flexibility index (Phi) is 5.44. The van der Waals surface area contributed by atoms with Crippen LogP contribution < -0.4 is 10.6 Å². The summed E-state index contributed by atoms with van der Waals surface area (Å²) in [7, 11) is 0. The molecule has 28 heavy (non-hydrogen) atoms. The lowest BCUT2D eigenvalue weighted by atomic mass is 10.1. The Morgan fingerprint density at radius 3 is 1.50 bits per heavy atom. The number of benzene rings is 3. The van der Waals surface area contributed by atoms with Crippen LogP contribution >= 0.6 is 0 Å². The zero-order chi connectivity index (χ0) is 20.3. The van der Waals surface area contributed by atoms with Gasteiger partial charge < -0.3 is 10.6 Å². The van der Waals surface area contributed by atoms with Crippen LogP contribution in [0.2, 0.25) is 0 Å². The van der Waals surface area contributed by atoms with E-state index < -0.39 is 29.3 Å². The Balaban J connectivity index is 1.88. The highest BCUT2D eigenvalue weighted by Gasteiger charge is 2.18. The average Bonchev–Trinajstić information content (AvgIpc) is 2.66. The summed E-state index contributed by atoms with van der Waals surface area (Å²) in [5.74, 6) is -4.11. The molecule has 0 aromatic heterocycles. The van der Waals surface area contributed by atoms with Crippen LogP contribution in [0.3, 0.4) is 0 Å². The molecule has 3 aromatic rings. The minimum absolute atomic E-state index is 0.239. The number of amides is 2. The first-order chi connectivity index (χ1) is 13.4. The van der Waals surface area contributed by atoms with E-state index in [0.717, 1.165) is 12.1 Å². The Hall–Kier alpha value is -3.61. The maximum atomic E-state index is 14.8. The van der Waals surface area contributed by atoms with Crippen molar-refractivity contribution in [1.29, 1.82) is 0 Å². The number of hydrogen-bond acceptors (Lipinski definition) is 2. The Morgan fingerprint density at radius 1 is 0.714 bits per heavy atom. The molecule has 0 radical (unpaired) electrons. The smallest absolute Gasteiger partial charge is 0.258 e. The largest absolute Gasteiger partial charge is 0.319 e. The van der Waals surface area contributed by atoms with Gasteiger partial charge in [-0.1, -0.05) is 24.3 Å². The quantitative estimate of drug-likeness (QED) is 0.671. The first kappa shape index (κ1) is 19.2. The number of aryl methyl sites for hydroxylation is 1. The van der Waals surface area contributed by atoms with E-state index in [0.29, 0.717) is 5.56 Å². The molecule has 0 aliphatic rings. The number of anilines is 2. The molecule has 0 spiro atoms. The van der Waals surface area contributed by atoms with E-state index in [4.69, 9.17) is 0 Å². The van der Waals surface area contributed by atoms with Crippen molar-refractivity contribution in [1.82, 2.24) is 0 Å².